The van der Waals surface area contributed by atoms with E-state index in [0.717, 1.165) is 29.9 Å². The lowest BCUT2D eigenvalue weighted by Gasteiger charge is -2.46. The Labute approximate surface area is 110 Å². The molecule has 0 aliphatic carbocycles. The van der Waals surface area contributed by atoms with Gasteiger partial charge in [0.25, 0.3) is 0 Å². The number of aromatic nitrogens is 1. The van der Waals surface area contributed by atoms with Crippen LogP contribution in [0.3, 0.4) is 0 Å². The van der Waals surface area contributed by atoms with Crippen LogP contribution in [0.25, 0.3) is 10.2 Å². The highest BCUT2D eigenvalue weighted by molar-refractivity contribution is 7.18. The Hall–Kier alpha value is -0.970. The van der Waals surface area contributed by atoms with Crippen molar-refractivity contribution in [3.63, 3.8) is 0 Å². The van der Waals surface area contributed by atoms with Gasteiger partial charge in [-0.25, -0.2) is 4.98 Å². The van der Waals surface area contributed by atoms with E-state index in [2.05, 4.69) is 11.1 Å². The Bertz CT molecular complexity index is 555. The Kier molecular flexibility index (Phi) is 2.28. The van der Waals surface area contributed by atoms with Crippen LogP contribution in [0.15, 0.2) is 24.3 Å². The predicted octanol–water partition coefficient (Wildman–Crippen LogP) is 0.792. The van der Waals surface area contributed by atoms with E-state index in [9.17, 15) is 5.11 Å². The molecule has 3 fully saturated rings. The average Bonchev–Trinajstić information content (AvgIpc) is 2.84. The van der Waals surface area contributed by atoms with Crippen molar-refractivity contribution in [2.75, 3.05) is 19.6 Å². The molecule has 4 heteroatoms. The van der Waals surface area contributed by atoms with Gasteiger partial charge in [0.2, 0.25) is 0 Å². The minimum Gasteiger partial charge on any atom is -0.377 e. The van der Waals surface area contributed by atoms with E-state index < -0.39 is 5.60 Å². The molecule has 2 N–H and O–H groups in total. The smallest absolute Gasteiger partial charge is 0.168 e. The van der Waals surface area contributed by atoms with Gasteiger partial charge in [0.15, 0.2) is 5.60 Å². The molecule has 2 aromatic rings. The fourth-order valence-electron chi connectivity index (χ4n) is 3.51. The number of thiazole rings is 1. The Morgan fingerprint density at radius 2 is 2.06 bits per heavy atom. The first-order valence-electron chi connectivity index (χ1n) is 6.68. The van der Waals surface area contributed by atoms with E-state index in [-0.39, 0.29) is 0 Å². The molecule has 3 aliphatic heterocycles. The molecule has 0 saturated carbocycles. The molecule has 1 aromatic heterocycles. The molecular formula is C14H17N2OS+. The van der Waals surface area contributed by atoms with Crippen molar-refractivity contribution in [2.45, 2.75) is 18.4 Å². The molecule has 0 radical (unpaired) electrons. The second-order valence-corrected chi connectivity index (χ2v) is 6.64. The number of piperidine rings is 3. The van der Waals surface area contributed by atoms with Crippen LogP contribution in [0.2, 0.25) is 0 Å². The molecular weight excluding hydrogens is 244 g/mol. The van der Waals surface area contributed by atoms with Gasteiger partial charge in [-0.2, -0.15) is 0 Å². The fraction of sp³-hybridized carbons (Fsp3) is 0.500. The van der Waals surface area contributed by atoms with E-state index in [0.29, 0.717) is 5.92 Å². The van der Waals surface area contributed by atoms with E-state index >= 15 is 0 Å². The van der Waals surface area contributed by atoms with Crippen molar-refractivity contribution in [3.8, 4) is 0 Å². The summed E-state index contributed by atoms with van der Waals surface area (Å²) in [6.45, 7) is 3.28. The molecule has 4 heterocycles. The number of benzene rings is 1. The average molecular weight is 261 g/mol. The maximum absolute atomic E-state index is 11.1. The van der Waals surface area contributed by atoms with Crippen LogP contribution in [-0.4, -0.2) is 29.7 Å². The third-order valence-electron chi connectivity index (χ3n) is 4.55. The van der Waals surface area contributed by atoms with Crippen molar-refractivity contribution in [1.29, 1.82) is 0 Å². The normalized spacial score (nSPS) is 35.2. The lowest BCUT2D eigenvalue weighted by atomic mass is 9.76. The summed E-state index contributed by atoms with van der Waals surface area (Å²) in [5.41, 5.74) is 0.354. The minimum absolute atomic E-state index is 0.413. The Balaban J connectivity index is 1.81. The minimum atomic E-state index is -0.671. The van der Waals surface area contributed by atoms with Crippen molar-refractivity contribution in [2.24, 2.45) is 5.92 Å². The molecule has 3 saturated heterocycles. The first-order chi connectivity index (χ1) is 8.75. The van der Waals surface area contributed by atoms with Crippen LogP contribution in [-0.2, 0) is 5.60 Å². The van der Waals surface area contributed by atoms with E-state index in [1.54, 1.807) is 16.2 Å². The maximum Gasteiger partial charge on any atom is 0.168 e. The van der Waals surface area contributed by atoms with Crippen LogP contribution in [0.5, 0.6) is 0 Å². The molecule has 5 rings (SSSR count). The number of fused-ring (bicyclic) bond motifs is 4. The van der Waals surface area contributed by atoms with E-state index in [1.807, 2.05) is 18.2 Å². The van der Waals surface area contributed by atoms with Crippen molar-refractivity contribution in [1.82, 2.24) is 4.98 Å². The Morgan fingerprint density at radius 3 is 2.72 bits per heavy atom. The van der Waals surface area contributed by atoms with Crippen LogP contribution < -0.4 is 4.90 Å². The number of nitrogens with one attached hydrogen (secondary N) is 1. The number of hydrogen-bond donors (Lipinski definition) is 2. The number of aliphatic hydroxyl groups is 1. The second-order valence-electron chi connectivity index (χ2n) is 5.61. The highest BCUT2D eigenvalue weighted by Crippen LogP contribution is 2.39. The van der Waals surface area contributed by atoms with Gasteiger partial charge < -0.3 is 10.0 Å². The molecule has 3 nitrogen and oxygen atoms in total. The largest absolute Gasteiger partial charge is 0.377 e. The zero-order chi connectivity index (χ0) is 12.2. The summed E-state index contributed by atoms with van der Waals surface area (Å²) >= 11 is 1.67. The van der Waals surface area contributed by atoms with Gasteiger partial charge in [0.05, 0.1) is 23.3 Å². The fourth-order valence-corrected chi connectivity index (χ4v) is 4.65. The third-order valence-corrected chi connectivity index (χ3v) is 5.76. The van der Waals surface area contributed by atoms with Gasteiger partial charge in [-0.1, -0.05) is 12.1 Å². The first kappa shape index (κ1) is 10.9. The topological polar surface area (TPSA) is 37.6 Å². The SMILES string of the molecule is OC1(c2nc3ccccc3s2)C[NH+]2CCC1CC2. The number of nitrogens with zero attached hydrogens (tertiary/aromatic N) is 1. The number of quaternary nitrogens is 1. The molecule has 0 amide bonds. The van der Waals surface area contributed by atoms with Gasteiger partial charge in [-0.15, -0.1) is 11.3 Å². The van der Waals surface area contributed by atoms with E-state index in [4.69, 9.17) is 0 Å². The van der Waals surface area contributed by atoms with Crippen LogP contribution in [0, 0.1) is 5.92 Å². The van der Waals surface area contributed by atoms with Crippen LogP contribution in [0.4, 0.5) is 0 Å². The number of para-hydroxylation sites is 1. The molecule has 1 unspecified atom stereocenters. The summed E-state index contributed by atoms with van der Waals surface area (Å²) < 4.78 is 1.19. The van der Waals surface area contributed by atoms with Crippen LogP contribution in [0.1, 0.15) is 17.8 Å². The quantitative estimate of drug-likeness (QED) is 0.796. The summed E-state index contributed by atoms with van der Waals surface area (Å²) in [6.07, 6.45) is 2.28. The van der Waals surface area contributed by atoms with E-state index in [1.165, 1.54) is 17.8 Å². The molecule has 94 valence electrons. The van der Waals surface area contributed by atoms with Crippen molar-refractivity contribution in [3.05, 3.63) is 29.3 Å². The highest BCUT2D eigenvalue weighted by Gasteiger charge is 2.51. The van der Waals surface area contributed by atoms with Crippen molar-refractivity contribution < 1.29 is 10.0 Å². The lowest BCUT2D eigenvalue weighted by molar-refractivity contribution is -0.927. The zero-order valence-corrected chi connectivity index (χ0v) is 11.0. The highest BCUT2D eigenvalue weighted by atomic mass is 32.1. The molecule has 0 spiro atoms. The van der Waals surface area contributed by atoms with Gasteiger partial charge in [-0.3, -0.25) is 0 Å². The first-order valence-corrected chi connectivity index (χ1v) is 7.49. The maximum atomic E-state index is 11.1. The standard InChI is InChI=1S/C14H16N2OS/c17-14(9-16-7-5-10(14)6-8-16)13-15-11-3-1-2-4-12(11)18-13/h1-4,10,17H,5-9H2/p+1. The summed E-state index contributed by atoms with van der Waals surface area (Å²) in [6, 6.07) is 8.18. The monoisotopic (exact) mass is 261 g/mol. The van der Waals surface area contributed by atoms with Crippen molar-refractivity contribution >= 4 is 21.6 Å². The molecule has 1 aromatic carbocycles. The number of rotatable bonds is 1. The molecule has 2 bridgehead atoms. The predicted molar refractivity (Wildman–Crippen MR) is 71.8 cm³/mol. The number of hydrogen-bond acceptors (Lipinski definition) is 3. The lowest BCUT2D eigenvalue weighted by Crippen LogP contribution is -3.17. The summed E-state index contributed by atoms with van der Waals surface area (Å²) in [5, 5.41) is 12.0. The molecule has 18 heavy (non-hydrogen) atoms. The van der Waals surface area contributed by atoms with Gasteiger partial charge >= 0.3 is 0 Å². The third kappa shape index (κ3) is 1.46. The van der Waals surface area contributed by atoms with Crippen LogP contribution >= 0.6 is 11.3 Å². The zero-order valence-electron chi connectivity index (χ0n) is 10.2. The van der Waals surface area contributed by atoms with Gasteiger partial charge in [-0.05, 0) is 12.1 Å². The summed E-state index contributed by atoms with van der Waals surface area (Å²) in [5.74, 6) is 0.413. The molecule has 3 aliphatic rings. The van der Waals surface area contributed by atoms with Gasteiger partial charge in [0.1, 0.15) is 11.6 Å². The summed E-state index contributed by atoms with van der Waals surface area (Å²) in [4.78, 5) is 6.22. The molecule has 1 atom stereocenters. The van der Waals surface area contributed by atoms with Gasteiger partial charge in [0, 0.05) is 18.8 Å². The summed E-state index contributed by atoms with van der Waals surface area (Å²) in [7, 11) is 0. The Morgan fingerprint density at radius 1 is 1.28 bits per heavy atom. The second kappa shape index (κ2) is 3.76.